The quantitative estimate of drug-likeness (QED) is 0.706. The number of tetrazole rings is 1. The Kier molecular flexibility index (Phi) is 3.91. The Hall–Kier alpha value is -2.09. The summed E-state index contributed by atoms with van der Waals surface area (Å²) in [5.74, 6) is 0.486. The van der Waals surface area contributed by atoms with Crippen LogP contribution in [0.1, 0.15) is 19.4 Å². The summed E-state index contributed by atoms with van der Waals surface area (Å²) in [5, 5.41) is 16.9. The number of nitrogens with zero attached hydrogens (tertiary/aromatic N) is 4. The molecule has 0 aliphatic carbocycles. The fourth-order valence-corrected chi connectivity index (χ4v) is 1.82. The summed E-state index contributed by atoms with van der Waals surface area (Å²) in [6, 6.07) is 3.66. The largest absolute Gasteiger partial charge is 0.483 e. The second-order valence-corrected chi connectivity index (χ2v) is 5.72. The highest BCUT2D eigenvalue weighted by molar-refractivity contribution is 6.33. The molecule has 0 saturated heterocycles. The van der Waals surface area contributed by atoms with Gasteiger partial charge in [-0.15, -0.1) is 0 Å². The van der Waals surface area contributed by atoms with Crippen LogP contribution in [0.3, 0.4) is 0 Å². The maximum absolute atomic E-state index is 12.0. The molecular weight excluding hydrogens is 271 g/mol. The molecule has 7 nitrogen and oxygen atoms in total. The molecule has 0 unspecified atom stereocenters. The maximum Gasteiger partial charge on any atom is 0.368 e. The van der Waals surface area contributed by atoms with Crippen molar-refractivity contribution in [3.63, 3.8) is 0 Å². The SMILES string of the molecule is Bc1cc(OC(C)(C)CO)c(-n2nnn(C)c2=O)cc1C. The van der Waals surface area contributed by atoms with Crippen LogP contribution in [0.5, 0.6) is 5.75 Å². The first kappa shape index (κ1) is 15.3. The third-order valence-corrected chi connectivity index (χ3v) is 3.29. The summed E-state index contributed by atoms with van der Waals surface area (Å²) >= 11 is 0. The van der Waals surface area contributed by atoms with Crippen molar-refractivity contribution in [2.45, 2.75) is 26.4 Å². The van der Waals surface area contributed by atoms with E-state index in [1.165, 1.54) is 11.7 Å². The van der Waals surface area contributed by atoms with Crippen molar-refractivity contribution >= 4 is 13.3 Å². The first-order valence-electron chi connectivity index (χ1n) is 6.65. The molecule has 112 valence electrons. The Morgan fingerprint density at radius 3 is 2.57 bits per heavy atom. The van der Waals surface area contributed by atoms with Crippen LogP contribution < -0.4 is 15.9 Å². The third kappa shape index (κ3) is 3.00. The zero-order chi connectivity index (χ0) is 15.8. The van der Waals surface area contributed by atoms with Crippen LogP contribution in [0.2, 0.25) is 0 Å². The molecule has 0 aliphatic heterocycles. The average Bonchev–Trinajstić information content (AvgIpc) is 2.74. The van der Waals surface area contributed by atoms with Crippen LogP contribution in [0.25, 0.3) is 5.69 Å². The fourth-order valence-electron chi connectivity index (χ4n) is 1.82. The summed E-state index contributed by atoms with van der Waals surface area (Å²) < 4.78 is 8.19. The molecule has 1 N–H and O–H groups in total. The van der Waals surface area contributed by atoms with Gasteiger partial charge in [0.2, 0.25) is 0 Å². The van der Waals surface area contributed by atoms with Gasteiger partial charge in [-0.3, -0.25) is 0 Å². The van der Waals surface area contributed by atoms with E-state index in [9.17, 15) is 9.90 Å². The molecule has 2 aromatic rings. The predicted octanol–water partition coefficient (Wildman–Crippen LogP) is -1.32. The average molecular weight is 290 g/mol. The number of hydrogen-bond donors (Lipinski definition) is 1. The summed E-state index contributed by atoms with van der Waals surface area (Å²) in [7, 11) is 3.49. The van der Waals surface area contributed by atoms with Gasteiger partial charge in [0.15, 0.2) is 0 Å². The normalized spacial score (nSPS) is 11.7. The molecule has 2 rings (SSSR count). The second-order valence-electron chi connectivity index (χ2n) is 5.72. The topological polar surface area (TPSA) is 82.2 Å². The van der Waals surface area contributed by atoms with Gasteiger partial charge in [0.25, 0.3) is 0 Å². The second kappa shape index (κ2) is 5.36. The molecule has 1 aromatic heterocycles. The molecule has 21 heavy (non-hydrogen) atoms. The van der Waals surface area contributed by atoms with Crippen molar-refractivity contribution in [2.75, 3.05) is 6.61 Å². The van der Waals surface area contributed by atoms with E-state index in [2.05, 4.69) is 10.4 Å². The van der Waals surface area contributed by atoms with Gasteiger partial charge in [-0.25, -0.2) is 4.79 Å². The molecule has 0 spiro atoms. The minimum absolute atomic E-state index is 0.144. The van der Waals surface area contributed by atoms with E-state index in [1.54, 1.807) is 13.8 Å². The van der Waals surface area contributed by atoms with Crippen LogP contribution in [-0.4, -0.2) is 45.0 Å². The van der Waals surface area contributed by atoms with E-state index >= 15 is 0 Å². The minimum atomic E-state index is -0.762. The predicted molar refractivity (Wildman–Crippen MR) is 81.3 cm³/mol. The number of aromatic nitrogens is 4. The fraction of sp³-hybridized carbons (Fsp3) is 0.462. The van der Waals surface area contributed by atoms with Crippen LogP contribution in [0, 0.1) is 6.92 Å². The highest BCUT2D eigenvalue weighted by Gasteiger charge is 2.22. The third-order valence-electron chi connectivity index (χ3n) is 3.29. The van der Waals surface area contributed by atoms with Crippen LogP contribution >= 0.6 is 0 Å². The lowest BCUT2D eigenvalue weighted by atomic mass is 9.90. The van der Waals surface area contributed by atoms with Crippen LogP contribution in [0.4, 0.5) is 0 Å². The van der Waals surface area contributed by atoms with Gasteiger partial charge in [0.05, 0.1) is 6.61 Å². The monoisotopic (exact) mass is 290 g/mol. The van der Waals surface area contributed by atoms with Crippen molar-refractivity contribution in [3.05, 3.63) is 28.2 Å². The first-order valence-corrected chi connectivity index (χ1v) is 6.65. The molecule has 0 bridgehead atoms. The van der Waals surface area contributed by atoms with Gasteiger partial charge in [-0.2, -0.15) is 9.36 Å². The summed E-state index contributed by atoms with van der Waals surface area (Å²) in [6.45, 7) is 5.34. The van der Waals surface area contributed by atoms with Gasteiger partial charge in [-0.05, 0) is 43.3 Å². The number of aliphatic hydroxyl groups excluding tert-OH is 1. The number of benzene rings is 1. The standard InChI is InChI=1S/C13H19BN4O3/c1-8-5-10(18-12(20)17(4)15-16-18)11(6-9(8)14)21-13(2,3)7-19/h5-6,19H,7,14H2,1-4H3. The van der Waals surface area contributed by atoms with E-state index in [4.69, 9.17) is 4.74 Å². The lowest BCUT2D eigenvalue weighted by Gasteiger charge is -2.25. The number of ether oxygens (including phenoxy) is 1. The first-order chi connectivity index (χ1) is 9.75. The molecule has 0 radical (unpaired) electrons. The van der Waals surface area contributed by atoms with Gasteiger partial charge in [0.1, 0.15) is 24.9 Å². The number of aliphatic hydroxyl groups is 1. The zero-order valence-electron chi connectivity index (χ0n) is 12.9. The van der Waals surface area contributed by atoms with Crippen molar-refractivity contribution < 1.29 is 9.84 Å². The highest BCUT2D eigenvalue weighted by Crippen LogP contribution is 2.25. The lowest BCUT2D eigenvalue weighted by Crippen LogP contribution is -2.34. The molecule has 0 amide bonds. The summed E-state index contributed by atoms with van der Waals surface area (Å²) in [6.07, 6.45) is 0. The number of hydrogen-bond acceptors (Lipinski definition) is 5. The van der Waals surface area contributed by atoms with E-state index < -0.39 is 5.60 Å². The Labute approximate surface area is 123 Å². The summed E-state index contributed by atoms with van der Waals surface area (Å²) in [5.41, 5.74) is 1.43. The van der Waals surface area contributed by atoms with Gasteiger partial charge in [-0.1, -0.05) is 11.0 Å². The van der Waals surface area contributed by atoms with E-state index in [0.29, 0.717) is 11.4 Å². The van der Waals surface area contributed by atoms with Crippen molar-refractivity contribution in [1.29, 1.82) is 0 Å². The van der Waals surface area contributed by atoms with E-state index in [1.807, 2.05) is 26.9 Å². The summed E-state index contributed by atoms with van der Waals surface area (Å²) in [4.78, 5) is 12.0. The Bertz CT molecular complexity index is 721. The van der Waals surface area contributed by atoms with Crippen molar-refractivity contribution in [1.82, 2.24) is 19.8 Å². The van der Waals surface area contributed by atoms with Crippen molar-refractivity contribution in [3.8, 4) is 11.4 Å². The zero-order valence-corrected chi connectivity index (χ0v) is 12.9. The van der Waals surface area contributed by atoms with E-state index in [-0.39, 0.29) is 12.3 Å². The van der Waals surface area contributed by atoms with Gasteiger partial charge >= 0.3 is 5.69 Å². The van der Waals surface area contributed by atoms with Gasteiger partial charge < -0.3 is 9.84 Å². The molecule has 1 aromatic carbocycles. The van der Waals surface area contributed by atoms with Gasteiger partial charge in [0, 0.05) is 7.05 Å². The van der Waals surface area contributed by atoms with Crippen molar-refractivity contribution in [2.24, 2.45) is 7.05 Å². The number of rotatable bonds is 4. The Balaban J connectivity index is 2.62. The Morgan fingerprint density at radius 2 is 2.05 bits per heavy atom. The Morgan fingerprint density at radius 1 is 1.38 bits per heavy atom. The minimum Gasteiger partial charge on any atom is -0.483 e. The van der Waals surface area contributed by atoms with Crippen LogP contribution in [0.15, 0.2) is 16.9 Å². The smallest absolute Gasteiger partial charge is 0.368 e. The number of aryl methyl sites for hydroxylation is 2. The van der Waals surface area contributed by atoms with Crippen LogP contribution in [-0.2, 0) is 7.05 Å². The molecule has 1 heterocycles. The lowest BCUT2D eigenvalue weighted by molar-refractivity contribution is 0.0411. The highest BCUT2D eigenvalue weighted by atomic mass is 16.5. The molecule has 0 aliphatic rings. The molecular formula is C13H19BN4O3. The molecule has 0 saturated carbocycles. The maximum atomic E-state index is 12.0. The molecule has 0 fully saturated rings. The molecule has 8 heteroatoms. The molecule has 0 atom stereocenters. The van der Waals surface area contributed by atoms with E-state index in [0.717, 1.165) is 15.7 Å².